The smallest absolute Gasteiger partial charge is 0.226 e. The van der Waals surface area contributed by atoms with E-state index in [1.165, 1.54) is 11.1 Å². The zero-order valence-electron chi connectivity index (χ0n) is 13.8. The molecule has 122 valence electrons. The summed E-state index contributed by atoms with van der Waals surface area (Å²) in [7, 11) is 0. The Morgan fingerprint density at radius 3 is 2.77 bits per heavy atom. The number of nitrogens with zero attached hydrogens (tertiary/aromatic N) is 1. The summed E-state index contributed by atoms with van der Waals surface area (Å²) < 4.78 is 0. The van der Waals surface area contributed by atoms with Crippen LogP contribution in [0.5, 0.6) is 0 Å². The van der Waals surface area contributed by atoms with E-state index < -0.39 is 0 Å². The van der Waals surface area contributed by atoms with Gasteiger partial charge in [0.25, 0.3) is 0 Å². The van der Waals surface area contributed by atoms with Crippen LogP contribution in [0.4, 0.5) is 0 Å². The third-order valence-corrected chi connectivity index (χ3v) is 4.98. The van der Waals surface area contributed by atoms with E-state index in [0.29, 0.717) is 11.9 Å². The summed E-state index contributed by atoms with van der Waals surface area (Å²) >= 11 is 0. The average molecular weight is 323 g/mol. The summed E-state index contributed by atoms with van der Waals surface area (Å²) in [4.78, 5) is 15.0. The molecule has 2 atom stereocenters. The van der Waals surface area contributed by atoms with E-state index in [0.717, 1.165) is 32.5 Å². The predicted octanol–water partition coefficient (Wildman–Crippen LogP) is 3.12. The maximum Gasteiger partial charge on any atom is 0.226 e. The lowest BCUT2D eigenvalue weighted by Gasteiger charge is -2.42. The fourth-order valence-electron chi connectivity index (χ4n) is 3.91. The summed E-state index contributed by atoms with van der Waals surface area (Å²) in [6.45, 7) is 9.24. The molecule has 3 nitrogen and oxygen atoms in total. The maximum absolute atomic E-state index is 12.9. The van der Waals surface area contributed by atoms with Crippen LogP contribution < -0.4 is 5.32 Å². The number of carbonyl (C=O) groups excluding carboxylic acids is 1. The second kappa shape index (κ2) is 6.59. The summed E-state index contributed by atoms with van der Waals surface area (Å²) in [5.74, 6) is 0.549. The second-order valence-corrected chi connectivity index (χ2v) is 7.31. The summed E-state index contributed by atoms with van der Waals surface area (Å²) in [6, 6.07) is 9.02. The third-order valence-electron chi connectivity index (χ3n) is 4.98. The highest BCUT2D eigenvalue weighted by Crippen LogP contribution is 2.34. The average Bonchev–Trinajstić information content (AvgIpc) is 2.46. The van der Waals surface area contributed by atoms with Gasteiger partial charge in [0.1, 0.15) is 0 Å². The topological polar surface area (TPSA) is 32.3 Å². The number of rotatable bonds is 1. The van der Waals surface area contributed by atoms with Crippen LogP contribution >= 0.6 is 12.4 Å². The van der Waals surface area contributed by atoms with Crippen LogP contribution in [0.3, 0.4) is 0 Å². The largest absolute Gasteiger partial charge is 0.337 e. The highest BCUT2D eigenvalue weighted by atomic mass is 35.5. The number of halogens is 1. The van der Waals surface area contributed by atoms with Gasteiger partial charge in [-0.05, 0) is 37.4 Å². The van der Waals surface area contributed by atoms with Crippen molar-refractivity contribution in [2.24, 2.45) is 5.92 Å². The molecule has 2 aliphatic heterocycles. The van der Waals surface area contributed by atoms with Crippen LogP contribution in [0, 0.1) is 5.92 Å². The molecule has 1 N–H and O–H groups in total. The number of nitrogens with one attached hydrogen (secondary N) is 1. The number of hydrogen-bond donors (Lipinski definition) is 1. The first kappa shape index (κ1) is 17.3. The maximum atomic E-state index is 12.9. The van der Waals surface area contributed by atoms with Gasteiger partial charge in [0.15, 0.2) is 0 Å². The molecular weight excluding hydrogens is 296 g/mol. The second-order valence-electron chi connectivity index (χ2n) is 7.31. The fraction of sp³-hybridized carbons (Fsp3) is 0.611. The quantitative estimate of drug-likeness (QED) is 0.861. The minimum absolute atomic E-state index is 0. The fourth-order valence-corrected chi connectivity index (χ4v) is 3.91. The molecule has 0 spiro atoms. The van der Waals surface area contributed by atoms with E-state index in [-0.39, 0.29) is 23.7 Å². The van der Waals surface area contributed by atoms with Gasteiger partial charge in [0, 0.05) is 30.5 Å². The first-order valence-electron chi connectivity index (χ1n) is 8.08. The molecule has 0 radical (unpaired) electrons. The summed E-state index contributed by atoms with van der Waals surface area (Å²) in [5.41, 5.74) is 2.75. The van der Waals surface area contributed by atoms with E-state index in [1.54, 1.807) is 0 Å². The number of amides is 1. The van der Waals surface area contributed by atoms with Gasteiger partial charge in [-0.25, -0.2) is 0 Å². The van der Waals surface area contributed by atoms with Gasteiger partial charge >= 0.3 is 0 Å². The van der Waals surface area contributed by atoms with Crippen molar-refractivity contribution >= 4 is 18.3 Å². The Hall–Kier alpha value is -1.06. The third kappa shape index (κ3) is 3.31. The van der Waals surface area contributed by atoms with E-state index in [9.17, 15) is 4.79 Å². The lowest BCUT2D eigenvalue weighted by molar-refractivity contribution is -0.138. The summed E-state index contributed by atoms with van der Waals surface area (Å²) in [5, 5.41) is 3.43. The molecule has 0 aliphatic carbocycles. The molecule has 3 rings (SSSR count). The lowest BCUT2D eigenvalue weighted by Crippen LogP contribution is -2.49. The van der Waals surface area contributed by atoms with Gasteiger partial charge in [0.2, 0.25) is 5.91 Å². The number of fused-ring (bicyclic) bond motifs is 1. The molecule has 1 aromatic carbocycles. The van der Waals surface area contributed by atoms with Gasteiger partial charge in [0.05, 0.1) is 0 Å². The first-order chi connectivity index (χ1) is 9.97. The van der Waals surface area contributed by atoms with Crippen LogP contribution in [0.15, 0.2) is 24.3 Å². The lowest BCUT2D eigenvalue weighted by atomic mass is 9.78. The van der Waals surface area contributed by atoms with Gasteiger partial charge in [-0.1, -0.05) is 38.1 Å². The van der Waals surface area contributed by atoms with E-state index >= 15 is 0 Å². The molecule has 1 amide bonds. The van der Waals surface area contributed by atoms with Crippen molar-refractivity contribution in [3.8, 4) is 0 Å². The van der Waals surface area contributed by atoms with Crippen molar-refractivity contribution < 1.29 is 4.79 Å². The monoisotopic (exact) mass is 322 g/mol. The van der Waals surface area contributed by atoms with Gasteiger partial charge in [-0.15, -0.1) is 12.4 Å². The molecule has 0 bridgehead atoms. The SMILES string of the molecule is C[C@H]1C[C@@H](C(=O)N2Cc3ccccc3C(C)(C)C2)CCN1.Cl. The molecule has 0 saturated carbocycles. The molecule has 22 heavy (non-hydrogen) atoms. The van der Waals surface area contributed by atoms with Crippen LogP contribution in [0.1, 0.15) is 44.7 Å². The van der Waals surface area contributed by atoms with Crippen LogP contribution in [-0.2, 0) is 16.8 Å². The number of benzene rings is 1. The zero-order valence-corrected chi connectivity index (χ0v) is 14.6. The van der Waals surface area contributed by atoms with Crippen molar-refractivity contribution in [3.63, 3.8) is 0 Å². The number of piperidine rings is 1. The van der Waals surface area contributed by atoms with Gasteiger partial charge < -0.3 is 10.2 Å². The van der Waals surface area contributed by atoms with Crippen molar-refractivity contribution in [1.82, 2.24) is 10.2 Å². The molecule has 1 saturated heterocycles. The molecule has 2 heterocycles. The van der Waals surface area contributed by atoms with Crippen molar-refractivity contribution in [3.05, 3.63) is 35.4 Å². The zero-order chi connectivity index (χ0) is 15.0. The van der Waals surface area contributed by atoms with E-state index in [1.807, 2.05) is 0 Å². The Bertz CT molecular complexity index is 544. The minimum atomic E-state index is 0. The Labute approximate surface area is 139 Å². The highest BCUT2D eigenvalue weighted by molar-refractivity contribution is 5.85. The number of carbonyl (C=O) groups is 1. The van der Waals surface area contributed by atoms with Gasteiger partial charge in [-0.3, -0.25) is 4.79 Å². The Kier molecular flexibility index (Phi) is 5.18. The molecule has 2 aliphatic rings. The van der Waals surface area contributed by atoms with Gasteiger partial charge in [-0.2, -0.15) is 0 Å². The standard InChI is InChI=1S/C18H26N2O.ClH/c1-13-10-14(8-9-19-13)17(21)20-11-15-6-4-5-7-16(15)18(2,3)12-20;/h4-7,13-14,19H,8-12H2,1-3H3;1H/t13-,14-;/m0./s1. The Morgan fingerprint density at radius 1 is 1.32 bits per heavy atom. The Balaban J connectivity index is 0.00000176. The highest BCUT2D eigenvalue weighted by Gasteiger charge is 2.36. The molecule has 1 aromatic rings. The van der Waals surface area contributed by atoms with Crippen LogP contribution in [0.2, 0.25) is 0 Å². The van der Waals surface area contributed by atoms with Crippen molar-refractivity contribution in [1.29, 1.82) is 0 Å². The normalized spacial score (nSPS) is 26.8. The molecular formula is C18H27ClN2O. The van der Waals surface area contributed by atoms with E-state index in [4.69, 9.17) is 0 Å². The molecule has 1 fully saturated rings. The van der Waals surface area contributed by atoms with Crippen LogP contribution in [-0.4, -0.2) is 29.9 Å². The molecule has 0 unspecified atom stereocenters. The van der Waals surface area contributed by atoms with Crippen molar-refractivity contribution in [2.75, 3.05) is 13.1 Å². The van der Waals surface area contributed by atoms with Crippen molar-refractivity contribution in [2.45, 2.75) is 51.6 Å². The van der Waals surface area contributed by atoms with E-state index in [2.05, 4.69) is 55.3 Å². The molecule has 0 aromatic heterocycles. The first-order valence-corrected chi connectivity index (χ1v) is 8.08. The summed E-state index contributed by atoms with van der Waals surface area (Å²) in [6.07, 6.45) is 1.94. The van der Waals surface area contributed by atoms with Crippen LogP contribution in [0.25, 0.3) is 0 Å². The molecule has 4 heteroatoms. The predicted molar refractivity (Wildman–Crippen MR) is 92.3 cm³/mol. The number of hydrogen-bond acceptors (Lipinski definition) is 2. The minimum Gasteiger partial charge on any atom is -0.337 e. The Morgan fingerprint density at radius 2 is 2.05 bits per heavy atom.